The van der Waals surface area contributed by atoms with Crippen LogP contribution >= 0.6 is 0 Å². The normalized spacial score (nSPS) is 11.5. The molecule has 9 heteroatoms. The van der Waals surface area contributed by atoms with Crippen molar-refractivity contribution in [2.45, 2.75) is 25.8 Å². The summed E-state index contributed by atoms with van der Waals surface area (Å²) in [6.45, 7) is -0.502. The first-order chi connectivity index (χ1) is 8.78. The highest BCUT2D eigenvalue weighted by molar-refractivity contribution is 5.37. The van der Waals surface area contributed by atoms with Gasteiger partial charge in [0.15, 0.2) is 5.75 Å². The molecule has 0 saturated carbocycles. The van der Waals surface area contributed by atoms with Gasteiger partial charge >= 0.3 is 6.36 Å². The number of halogens is 5. The zero-order valence-corrected chi connectivity index (χ0v) is 9.34. The van der Waals surface area contributed by atoms with E-state index in [0.29, 0.717) is 6.07 Å². The van der Waals surface area contributed by atoms with E-state index in [9.17, 15) is 22.0 Å². The molecule has 0 unspecified atom stereocenters. The minimum absolute atomic E-state index is 0.325. The Morgan fingerprint density at radius 3 is 2.47 bits per heavy atom. The van der Waals surface area contributed by atoms with Crippen molar-refractivity contribution in [1.82, 2.24) is 4.98 Å². The van der Waals surface area contributed by atoms with E-state index in [1.165, 1.54) is 0 Å². The number of alkyl halides is 5. The molecule has 104 valence electrons. The average Bonchev–Trinajstić information content (AvgIpc) is 2.27. The van der Waals surface area contributed by atoms with Crippen LogP contribution in [0.25, 0.3) is 0 Å². The minimum Gasteiger partial charge on any atom is -0.404 e. The predicted octanol–water partition coefficient (Wildman–Crippen LogP) is 2.44. The van der Waals surface area contributed by atoms with Gasteiger partial charge in [-0.1, -0.05) is 0 Å². The highest BCUT2D eigenvalue weighted by Gasteiger charge is 2.33. The third-order valence-corrected chi connectivity index (χ3v) is 2.07. The fourth-order valence-corrected chi connectivity index (χ4v) is 1.36. The number of pyridine rings is 1. The first-order valence-electron chi connectivity index (χ1n) is 4.92. The summed E-state index contributed by atoms with van der Waals surface area (Å²) in [5, 5.41) is 8.47. The second-order valence-electron chi connectivity index (χ2n) is 3.37. The van der Waals surface area contributed by atoms with Crippen LogP contribution in [0.5, 0.6) is 5.75 Å². The SMILES string of the molecule is N#CCc1cc(OC(F)(F)F)c(CN)nc1C(F)F. The van der Waals surface area contributed by atoms with Crippen molar-refractivity contribution in [1.29, 1.82) is 5.26 Å². The summed E-state index contributed by atoms with van der Waals surface area (Å²) in [6.07, 6.45) is -8.53. The van der Waals surface area contributed by atoms with Gasteiger partial charge in [0.2, 0.25) is 0 Å². The molecule has 2 N–H and O–H groups in total. The second kappa shape index (κ2) is 5.79. The summed E-state index contributed by atoms with van der Waals surface area (Å²) in [5.41, 5.74) is 3.60. The smallest absolute Gasteiger partial charge is 0.404 e. The largest absolute Gasteiger partial charge is 0.573 e. The molecule has 0 aromatic carbocycles. The quantitative estimate of drug-likeness (QED) is 0.860. The highest BCUT2D eigenvalue weighted by atomic mass is 19.4. The standard InChI is InChI=1S/C10H8F5N3O/c11-9(12)8-5(1-2-16)3-7(6(4-17)18-8)19-10(13,14)15/h3,9H,1,4,17H2. The van der Waals surface area contributed by atoms with Crippen molar-refractivity contribution in [2.24, 2.45) is 5.73 Å². The van der Waals surface area contributed by atoms with Gasteiger partial charge in [0.05, 0.1) is 18.2 Å². The van der Waals surface area contributed by atoms with E-state index in [-0.39, 0.29) is 5.56 Å². The molecular weight excluding hydrogens is 273 g/mol. The molecule has 4 nitrogen and oxygen atoms in total. The minimum atomic E-state index is -5.00. The molecule has 0 aliphatic carbocycles. The number of nitrogens with two attached hydrogens (primary N) is 1. The molecule has 19 heavy (non-hydrogen) atoms. The molecule has 1 aromatic heterocycles. The Morgan fingerprint density at radius 1 is 1.42 bits per heavy atom. The van der Waals surface area contributed by atoms with Crippen LogP contribution in [0.1, 0.15) is 23.4 Å². The number of hydrogen-bond donors (Lipinski definition) is 1. The van der Waals surface area contributed by atoms with Crippen molar-refractivity contribution >= 4 is 0 Å². The predicted molar refractivity (Wildman–Crippen MR) is 53.1 cm³/mol. The summed E-state index contributed by atoms with van der Waals surface area (Å²) in [5.74, 6) is -0.773. The molecule has 0 fully saturated rings. The summed E-state index contributed by atoms with van der Waals surface area (Å²) in [6, 6.07) is 2.28. The van der Waals surface area contributed by atoms with E-state index in [1.54, 1.807) is 6.07 Å². The van der Waals surface area contributed by atoms with E-state index in [2.05, 4.69) is 9.72 Å². The van der Waals surface area contributed by atoms with E-state index < -0.39 is 42.9 Å². The third-order valence-electron chi connectivity index (χ3n) is 2.07. The maximum absolute atomic E-state index is 12.7. The molecule has 0 saturated heterocycles. The monoisotopic (exact) mass is 281 g/mol. The molecule has 0 atom stereocenters. The summed E-state index contributed by atoms with van der Waals surface area (Å²) >= 11 is 0. The molecular formula is C10H8F5N3O. The van der Waals surface area contributed by atoms with E-state index in [4.69, 9.17) is 11.0 Å². The zero-order chi connectivity index (χ0) is 14.6. The van der Waals surface area contributed by atoms with Gasteiger partial charge in [-0.3, -0.25) is 0 Å². The van der Waals surface area contributed by atoms with Crippen molar-refractivity contribution in [3.05, 3.63) is 23.0 Å². The number of aromatic nitrogens is 1. The number of ether oxygens (including phenoxy) is 1. The molecule has 0 radical (unpaired) electrons. The van der Waals surface area contributed by atoms with Gasteiger partial charge in [-0.2, -0.15) is 5.26 Å². The molecule has 1 aromatic rings. The summed E-state index contributed by atoms with van der Waals surface area (Å²) < 4.78 is 65.4. The van der Waals surface area contributed by atoms with Gasteiger partial charge in [-0.15, -0.1) is 13.2 Å². The van der Waals surface area contributed by atoms with Crippen molar-refractivity contribution in [3.63, 3.8) is 0 Å². The van der Waals surface area contributed by atoms with Crippen LogP contribution in [0.2, 0.25) is 0 Å². The summed E-state index contributed by atoms with van der Waals surface area (Å²) in [4.78, 5) is 3.34. The van der Waals surface area contributed by atoms with Gasteiger partial charge in [0.1, 0.15) is 5.69 Å². The van der Waals surface area contributed by atoms with Crippen LogP contribution in [0.4, 0.5) is 22.0 Å². The van der Waals surface area contributed by atoms with Crippen molar-refractivity contribution < 1.29 is 26.7 Å². The van der Waals surface area contributed by atoms with Gasteiger partial charge in [0, 0.05) is 6.54 Å². The average molecular weight is 281 g/mol. The number of nitrogens with zero attached hydrogens (tertiary/aromatic N) is 2. The van der Waals surface area contributed by atoms with Crippen molar-refractivity contribution in [2.75, 3.05) is 0 Å². The van der Waals surface area contributed by atoms with Crippen LogP contribution in [0.3, 0.4) is 0 Å². The maximum atomic E-state index is 12.7. The van der Waals surface area contributed by atoms with E-state index in [0.717, 1.165) is 0 Å². The topological polar surface area (TPSA) is 71.9 Å². The number of rotatable bonds is 4. The van der Waals surface area contributed by atoms with Crippen LogP contribution in [0, 0.1) is 11.3 Å². The molecule has 1 rings (SSSR count). The first kappa shape index (κ1) is 15.1. The molecule has 0 aliphatic rings. The Bertz CT molecular complexity index is 495. The first-order valence-corrected chi connectivity index (χ1v) is 4.92. The Labute approximate surface area is 104 Å². The number of nitriles is 1. The van der Waals surface area contributed by atoms with Gasteiger partial charge in [0.25, 0.3) is 6.43 Å². The molecule has 0 bridgehead atoms. The lowest BCUT2D eigenvalue weighted by molar-refractivity contribution is -0.275. The summed E-state index contributed by atoms with van der Waals surface area (Å²) in [7, 11) is 0. The van der Waals surface area contributed by atoms with Gasteiger partial charge in [-0.05, 0) is 11.6 Å². The van der Waals surface area contributed by atoms with Crippen LogP contribution < -0.4 is 10.5 Å². The Balaban J connectivity index is 3.31. The van der Waals surface area contributed by atoms with Crippen molar-refractivity contribution in [3.8, 4) is 11.8 Å². The maximum Gasteiger partial charge on any atom is 0.573 e. The van der Waals surface area contributed by atoms with E-state index in [1.807, 2.05) is 0 Å². The third kappa shape index (κ3) is 4.03. The Morgan fingerprint density at radius 2 is 2.05 bits per heavy atom. The highest BCUT2D eigenvalue weighted by Crippen LogP contribution is 2.30. The lowest BCUT2D eigenvalue weighted by Gasteiger charge is -2.15. The Kier molecular flexibility index (Phi) is 4.61. The second-order valence-corrected chi connectivity index (χ2v) is 3.37. The van der Waals surface area contributed by atoms with Crippen LogP contribution in [0.15, 0.2) is 6.07 Å². The van der Waals surface area contributed by atoms with Gasteiger partial charge in [-0.25, -0.2) is 13.8 Å². The zero-order valence-electron chi connectivity index (χ0n) is 9.34. The van der Waals surface area contributed by atoms with Gasteiger partial charge < -0.3 is 10.5 Å². The number of hydrogen-bond acceptors (Lipinski definition) is 4. The fourth-order valence-electron chi connectivity index (χ4n) is 1.36. The fraction of sp³-hybridized carbons (Fsp3) is 0.400. The molecule has 0 amide bonds. The van der Waals surface area contributed by atoms with Crippen LogP contribution in [-0.2, 0) is 13.0 Å². The molecule has 0 aliphatic heterocycles. The van der Waals surface area contributed by atoms with Crippen LogP contribution in [-0.4, -0.2) is 11.3 Å². The lowest BCUT2D eigenvalue weighted by atomic mass is 10.1. The Hall–Kier alpha value is -1.95. The lowest BCUT2D eigenvalue weighted by Crippen LogP contribution is -2.20. The molecule has 1 heterocycles. The molecule has 0 spiro atoms. The van der Waals surface area contributed by atoms with E-state index >= 15 is 0 Å².